The molecule has 2 aliphatic rings. The predicted molar refractivity (Wildman–Crippen MR) is 55.4 cm³/mol. The molecule has 1 heterocycles. The average molecular weight is 199 g/mol. The van der Waals surface area contributed by atoms with Crippen molar-refractivity contribution in [1.29, 1.82) is 0 Å². The van der Waals surface area contributed by atoms with Gasteiger partial charge in [0, 0.05) is 24.2 Å². The molecule has 1 aliphatic heterocycles. The van der Waals surface area contributed by atoms with Gasteiger partial charge in [-0.15, -0.1) is 0 Å². The maximum Gasteiger partial charge on any atom is 0.0683 e. The Kier molecular flexibility index (Phi) is 1.93. The van der Waals surface area contributed by atoms with Crippen molar-refractivity contribution in [2.24, 2.45) is 0 Å². The Hall–Kier alpha value is -0.470. The molecule has 3 heteroatoms. The van der Waals surface area contributed by atoms with E-state index in [0.717, 1.165) is 18.1 Å². The third-order valence-electron chi connectivity index (χ3n) is 2.97. The zero-order valence-corrected chi connectivity index (χ0v) is 9.07. The van der Waals surface area contributed by atoms with E-state index < -0.39 is 0 Å². The first-order valence-corrected chi connectivity index (χ1v) is 4.94. The van der Waals surface area contributed by atoms with E-state index in [1.807, 2.05) is 0 Å². The van der Waals surface area contributed by atoms with Crippen molar-refractivity contribution in [2.45, 2.75) is 25.8 Å². The lowest BCUT2D eigenvalue weighted by Crippen LogP contribution is -2.39. The van der Waals surface area contributed by atoms with Crippen molar-refractivity contribution in [2.75, 3.05) is 13.7 Å². The number of allylic oxidation sites excluding steroid dienone is 2. The van der Waals surface area contributed by atoms with Crippen molar-refractivity contribution in [3.05, 3.63) is 22.4 Å². The van der Waals surface area contributed by atoms with Gasteiger partial charge in [-0.05, 0) is 25.5 Å². The summed E-state index contributed by atoms with van der Waals surface area (Å²) in [7, 11) is 2.11. The molecule has 0 saturated carbocycles. The zero-order chi connectivity index (χ0) is 9.64. The number of nitrogens with one attached hydrogen (secondary N) is 1. The highest BCUT2D eigenvalue weighted by atomic mass is 35.5. The molecule has 0 amide bonds. The molecule has 1 fully saturated rings. The summed E-state index contributed by atoms with van der Waals surface area (Å²) in [5, 5.41) is 4.46. The summed E-state index contributed by atoms with van der Waals surface area (Å²) >= 11 is 6.15. The molecule has 0 aromatic carbocycles. The highest BCUT2D eigenvalue weighted by molar-refractivity contribution is 6.30. The first-order valence-electron chi connectivity index (χ1n) is 4.56. The maximum atomic E-state index is 6.15. The smallest absolute Gasteiger partial charge is 0.0683 e. The molecule has 1 aliphatic carbocycles. The Morgan fingerprint density at radius 3 is 3.00 bits per heavy atom. The van der Waals surface area contributed by atoms with Gasteiger partial charge in [-0.25, -0.2) is 0 Å². The van der Waals surface area contributed by atoms with E-state index in [0.29, 0.717) is 0 Å². The van der Waals surface area contributed by atoms with Gasteiger partial charge in [0.25, 0.3) is 0 Å². The fourth-order valence-corrected chi connectivity index (χ4v) is 2.37. The van der Waals surface area contributed by atoms with Crippen molar-refractivity contribution < 1.29 is 0 Å². The van der Waals surface area contributed by atoms with Gasteiger partial charge in [0.2, 0.25) is 0 Å². The number of hydrogen-bond acceptors (Lipinski definition) is 2. The number of nitrogens with zero attached hydrogens (tertiary/aromatic N) is 1. The minimum Gasteiger partial charge on any atom is -0.364 e. The van der Waals surface area contributed by atoms with Crippen LogP contribution in [0, 0.1) is 0 Å². The van der Waals surface area contributed by atoms with Crippen molar-refractivity contribution in [1.82, 2.24) is 10.2 Å². The average Bonchev–Trinajstić information content (AvgIpc) is 2.32. The lowest BCUT2D eigenvalue weighted by molar-refractivity contribution is 0.463. The third kappa shape index (κ3) is 1.29. The van der Waals surface area contributed by atoms with Gasteiger partial charge in [-0.3, -0.25) is 5.32 Å². The van der Waals surface area contributed by atoms with Gasteiger partial charge in [0.05, 0.1) is 12.2 Å². The van der Waals surface area contributed by atoms with Crippen LogP contribution >= 0.6 is 11.6 Å². The van der Waals surface area contributed by atoms with Crippen LogP contribution in [0.4, 0.5) is 0 Å². The quantitative estimate of drug-likeness (QED) is 0.641. The summed E-state index contributed by atoms with van der Waals surface area (Å²) in [4.78, 5) is 2.24. The van der Waals surface area contributed by atoms with Crippen molar-refractivity contribution >= 4 is 11.6 Å². The lowest BCUT2D eigenvalue weighted by atomic mass is 9.88. The van der Waals surface area contributed by atoms with E-state index in [9.17, 15) is 0 Å². The van der Waals surface area contributed by atoms with E-state index in [-0.39, 0.29) is 5.54 Å². The highest BCUT2D eigenvalue weighted by Crippen LogP contribution is 2.38. The topological polar surface area (TPSA) is 15.3 Å². The minimum absolute atomic E-state index is 0.0609. The lowest BCUT2D eigenvalue weighted by Gasteiger charge is -2.31. The minimum atomic E-state index is 0.0609. The number of likely N-dealkylation sites (N-methyl/N-ethyl adjacent to an activating group) is 1. The molecule has 2 nitrogen and oxygen atoms in total. The first-order chi connectivity index (χ1) is 6.03. The molecule has 72 valence electrons. The van der Waals surface area contributed by atoms with E-state index in [1.165, 1.54) is 11.3 Å². The molecular formula is C10H15ClN2. The molecule has 1 atom stereocenters. The Morgan fingerprint density at radius 1 is 1.62 bits per heavy atom. The van der Waals surface area contributed by atoms with E-state index in [2.05, 4.69) is 37.2 Å². The summed E-state index contributed by atoms with van der Waals surface area (Å²) in [6, 6.07) is 0. The van der Waals surface area contributed by atoms with Gasteiger partial charge in [-0.1, -0.05) is 11.6 Å². The Labute approximate surface area is 84.2 Å². The molecule has 1 saturated heterocycles. The SMILES string of the molecule is CC1=C(Cl)C[C@@]2(C)NCN(C)C2=C1. The monoisotopic (exact) mass is 198 g/mol. The van der Waals surface area contributed by atoms with Crippen LogP contribution in [0.15, 0.2) is 22.4 Å². The van der Waals surface area contributed by atoms with Crippen LogP contribution in [0.3, 0.4) is 0 Å². The van der Waals surface area contributed by atoms with Crippen LogP contribution in [0.1, 0.15) is 20.3 Å². The number of fused-ring (bicyclic) bond motifs is 1. The predicted octanol–water partition coefficient (Wildman–Crippen LogP) is 2.04. The van der Waals surface area contributed by atoms with Crippen LogP contribution < -0.4 is 5.32 Å². The summed E-state index contributed by atoms with van der Waals surface area (Å²) < 4.78 is 0. The fraction of sp³-hybridized carbons (Fsp3) is 0.600. The van der Waals surface area contributed by atoms with E-state index >= 15 is 0 Å². The molecule has 1 N–H and O–H groups in total. The third-order valence-corrected chi connectivity index (χ3v) is 3.40. The Balaban J connectivity index is 2.42. The number of rotatable bonds is 0. The second kappa shape index (κ2) is 2.76. The molecule has 2 rings (SSSR count). The Morgan fingerprint density at radius 2 is 2.31 bits per heavy atom. The highest BCUT2D eigenvalue weighted by Gasteiger charge is 2.39. The van der Waals surface area contributed by atoms with E-state index in [4.69, 9.17) is 11.6 Å². The molecule has 0 aromatic rings. The van der Waals surface area contributed by atoms with E-state index in [1.54, 1.807) is 0 Å². The molecule has 0 unspecified atom stereocenters. The Bertz CT molecular complexity index is 306. The summed E-state index contributed by atoms with van der Waals surface area (Å²) in [6.07, 6.45) is 3.10. The first kappa shape index (κ1) is 9.10. The largest absolute Gasteiger partial charge is 0.364 e. The van der Waals surface area contributed by atoms with Crippen LogP contribution in [-0.4, -0.2) is 24.2 Å². The summed E-state index contributed by atoms with van der Waals surface area (Å²) in [5.41, 5.74) is 2.62. The van der Waals surface area contributed by atoms with Crippen molar-refractivity contribution in [3.8, 4) is 0 Å². The molecular weight excluding hydrogens is 184 g/mol. The zero-order valence-electron chi connectivity index (χ0n) is 8.32. The second-order valence-corrected chi connectivity index (χ2v) is 4.62. The van der Waals surface area contributed by atoms with Gasteiger partial charge >= 0.3 is 0 Å². The molecule has 0 aromatic heterocycles. The van der Waals surface area contributed by atoms with Gasteiger partial charge < -0.3 is 4.90 Å². The van der Waals surface area contributed by atoms with Crippen LogP contribution in [0.25, 0.3) is 0 Å². The second-order valence-electron chi connectivity index (χ2n) is 4.16. The molecule has 0 spiro atoms. The van der Waals surface area contributed by atoms with Crippen molar-refractivity contribution in [3.63, 3.8) is 0 Å². The van der Waals surface area contributed by atoms with Gasteiger partial charge in [-0.2, -0.15) is 0 Å². The maximum absolute atomic E-state index is 6.15. The summed E-state index contributed by atoms with van der Waals surface area (Å²) in [5.74, 6) is 0. The van der Waals surface area contributed by atoms with Crippen LogP contribution in [0.2, 0.25) is 0 Å². The molecule has 0 radical (unpaired) electrons. The molecule has 0 bridgehead atoms. The van der Waals surface area contributed by atoms with Crippen LogP contribution in [-0.2, 0) is 0 Å². The normalized spacial score (nSPS) is 33.5. The summed E-state index contributed by atoms with van der Waals surface area (Å²) in [6.45, 7) is 5.19. The number of hydrogen-bond donors (Lipinski definition) is 1. The molecule has 13 heavy (non-hydrogen) atoms. The van der Waals surface area contributed by atoms with Gasteiger partial charge in [0.1, 0.15) is 0 Å². The number of halogens is 1. The standard InChI is InChI=1S/C10H15ClN2/c1-7-4-9-10(2,5-8(7)11)12-6-13(9)3/h4,12H,5-6H2,1-3H3/t10-/m1/s1. The fourth-order valence-electron chi connectivity index (χ4n) is 2.05. The van der Waals surface area contributed by atoms with Crippen LogP contribution in [0.5, 0.6) is 0 Å². The van der Waals surface area contributed by atoms with Gasteiger partial charge in [0.15, 0.2) is 0 Å².